The van der Waals surface area contributed by atoms with E-state index in [2.05, 4.69) is 10.6 Å². The second-order valence-electron chi connectivity index (χ2n) is 3.69. The lowest BCUT2D eigenvalue weighted by atomic mass is 10.2. The Balaban J connectivity index is 2.54. The molecule has 0 aromatic heterocycles. The summed E-state index contributed by atoms with van der Waals surface area (Å²) in [7, 11) is 0. The second kappa shape index (κ2) is 6.78. The molecule has 0 heterocycles. The number of anilines is 2. The van der Waals surface area contributed by atoms with E-state index in [0.29, 0.717) is 11.4 Å². The van der Waals surface area contributed by atoms with Crippen molar-refractivity contribution in [3.63, 3.8) is 0 Å². The summed E-state index contributed by atoms with van der Waals surface area (Å²) in [4.78, 5) is 11.1. The van der Waals surface area contributed by atoms with Gasteiger partial charge in [0.2, 0.25) is 0 Å². The van der Waals surface area contributed by atoms with Gasteiger partial charge in [-0.2, -0.15) is 0 Å². The van der Waals surface area contributed by atoms with Crippen LogP contribution in [0.25, 0.3) is 0 Å². The molecule has 4 nitrogen and oxygen atoms in total. The summed E-state index contributed by atoms with van der Waals surface area (Å²) in [5.41, 5.74) is 1.11. The van der Waals surface area contributed by atoms with Gasteiger partial charge in [0.1, 0.15) is 0 Å². The first kappa shape index (κ1) is 14.2. The third-order valence-corrected chi connectivity index (χ3v) is 2.18. The molecule has 0 saturated carbocycles. The van der Waals surface area contributed by atoms with Gasteiger partial charge >= 0.3 is 6.09 Å². The number of alkyl halides is 2. The van der Waals surface area contributed by atoms with Gasteiger partial charge in [-0.05, 0) is 38.1 Å². The van der Waals surface area contributed by atoms with Crippen LogP contribution >= 0.6 is 0 Å². The van der Waals surface area contributed by atoms with E-state index < -0.39 is 18.6 Å². The van der Waals surface area contributed by atoms with Crippen LogP contribution in [0.2, 0.25) is 0 Å². The van der Waals surface area contributed by atoms with Crippen molar-refractivity contribution in [2.45, 2.75) is 26.3 Å². The van der Waals surface area contributed by atoms with Gasteiger partial charge in [0.05, 0.1) is 12.6 Å². The van der Waals surface area contributed by atoms with Gasteiger partial charge in [0.15, 0.2) is 0 Å². The van der Waals surface area contributed by atoms with Crippen LogP contribution in [0.15, 0.2) is 24.3 Å². The Morgan fingerprint density at radius 3 is 2.33 bits per heavy atom. The quantitative estimate of drug-likeness (QED) is 0.851. The number of rotatable bonds is 5. The maximum atomic E-state index is 12.3. The molecule has 0 aliphatic carbocycles. The van der Waals surface area contributed by atoms with Crippen molar-refractivity contribution in [2.75, 3.05) is 17.2 Å². The van der Waals surface area contributed by atoms with E-state index in [1.165, 1.54) is 6.92 Å². The molecule has 1 atom stereocenters. The largest absolute Gasteiger partial charge is 0.450 e. The van der Waals surface area contributed by atoms with Gasteiger partial charge in [0.25, 0.3) is 6.43 Å². The van der Waals surface area contributed by atoms with Crippen LogP contribution in [-0.4, -0.2) is 25.2 Å². The normalized spacial score (nSPS) is 12.1. The summed E-state index contributed by atoms with van der Waals surface area (Å²) in [5.74, 6) is 0. The van der Waals surface area contributed by atoms with Crippen molar-refractivity contribution >= 4 is 17.5 Å². The molecule has 1 unspecified atom stereocenters. The van der Waals surface area contributed by atoms with Gasteiger partial charge in [-0.3, -0.25) is 5.32 Å². The summed E-state index contributed by atoms with van der Waals surface area (Å²) in [6.45, 7) is 3.39. The Morgan fingerprint density at radius 2 is 1.83 bits per heavy atom. The second-order valence-corrected chi connectivity index (χ2v) is 3.69. The molecule has 0 aliphatic heterocycles. The highest BCUT2D eigenvalue weighted by Gasteiger charge is 2.13. The lowest BCUT2D eigenvalue weighted by molar-refractivity contribution is 0.130. The number of benzene rings is 1. The topological polar surface area (TPSA) is 50.4 Å². The highest BCUT2D eigenvalue weighted by atomic mass is 19.3. The number of hydrogen-bond donors (Lipinski definition) is 2. The van der Waals surface area contributed by atoms with Crippen molar-refractivity contribution in [3.8, 4) is 0 Å². The summed E-state index contributed by atoms with van der Waals surface area (Å²) in [6.07, 6.45) is -2.97. The molecule has 2 N–H and O–H groups in total. The molecular weight excluding hydrogens is 242 g/mol. The van der Waals surface area contributed by atoms with Crippen LogP contribution in [0, 0.1) is 0 Å². The van der Waals surface area contributed by atoms with Gasteiger partial charge in [-0.15, -0.1) is 0 Å². The fourth-order valence-electron chi connectivity index (χ4n) is 1.26. The number of hydrogen-bond acceptors (Lipinski definition) is 3. The number of carbonyl (C=O) groups excluding carboxylic acids is 1. The molecule has 1 aromatic rings. The Morgan fingerprint density at radius 1 is 1.28 bits per heavy atom. The van der Waals surface area contributed by atoms with Gasteiger partial charge in [-0.25, -0.2) is 13.6 Å². The molecule has 1 amide bonds. The SMILES string of the molecule is CCOC(=O)Nc1ccc(NC(C)C(F)F)cc1. The van der Waals surface area contributed by atoms with E-state index in [9.17, 15) is 13.6 Å². The van der Waals surface area contributed by atoms with Crippen molar-refractivity contribution in [1.82, 2.24) is 0 Å². The van der Waals surface area contributed by atoms with Gasteiger partial charge in [-0.1, -0.05) is 0 Å². The minimum absolute atomic E-state index is 0.289. The molecule has 0 bridgehead atoms. The van der Waals surface area contributed by atoms with Crippen LogP contribution < -0.4 is 10.6 Å². The Bertz CT molecular complexity index is 382. The molecule has 6 heteroatoms. The summed E-state index contributed by atoms with van der Waals surface area (Å²) in [5, 5.41) is 5.16. The Hall–Kier alpha value is -1.85. The van der Waals surface area contributed by atoms with E-state index in [-0.39, 0.29) is 6.61 Å². The zero-order chi connectivity index (χ0) is 13.5. The first-order chi connectivity index (χ1) is 8.52. The maximum absolute atomic E-state index is 12.3. The molecule has 0 aliphatic rings. The molecule has 18 heavy (non-hydrogen) atoms. The Labute approximate surface area is 104 Å². The number of nitrogens with one attached hydrogen (secondary N) is 2. The monoisotopic (exact) mass is 258 g/mol. The third kappa shape index (κ3) is 4.57. The standard InChI is InChI=1S/C12H16F2N2O2/c1-3-18-12(17)16-10-6-4-9(5-7-10)15-8(2)11(13)14/h4-8,11,15H,3H2,1-2H3,(H,16,17). The van der Waals surface area contributed by atoms with Crippen molar-refractivity contribution in [3.05, 3.63) is 24.3 Å². The third-order valence-electron chi connectivity index (χ3n) is 2.18. The van der Waals surface area contributed by atoms with E-state index in [1.807, 2.05) is 0 Å². The van der Waals surface area contributed by atoms with E-state index in [0.717, 1.165) is 0 Å². The molecule has 1 rings (SSSR count). The zero-order valence-electron chi connectivity index (χ0n) is 10.2. The number of carbonyl (C=O) groups is 1. The molecule has 100 valence electrons. The zero-order valence-corrected chi connectivity index (χ0v) is 10.2. The van der Waals surface area contributed by atoms with Crippen LogP contribution in [0.4, 0.5) is 25.0 Å². The van der Waals surface area contributed by atoms with E-state index >= 15 is 0 Å². The molecular formula is C12H16F2N2O2. The smallest absolute Gasteiger partial charge is 0.411 e. The average molecular weight is 258 g/mol. The van der Waals surface area contributed by atoms with Crippen LogP contribution in [0.1, 0.15) is 13.8 Å². The van der Waals surface area contributed by atoms with E-state index in [4.69, 9.17) is 4.74 Å². The predicted octanol–water partition coefficient (Wildman–Crippen LogP) is 3.32. The number of halogens is 2. The molecule has 0 saturated heterocycles. The molecule has 0 fully saturated rings. The van der Waals surface area contributed by atoms with Gasteiger partial charge in [0, 0.05) is 11.4 Å². The van der Waals surface area contributed by atoms with Crippen molar-refractivity contribution in [2.24, 2.45) is 0 Å². The minimum atomic E-state index is -2.43. The average Bonchev–Trinajstić information content (AvgIpc) is 2.31. The van der Waals surface area contributed by atoms with Gasteiger partial charge < -0.3 is 10.1 Å². The highest BCUT2D eigenvalue weighted by Crippen LogP contribution is 2.16. The summed E-state index contributed by atoms with van der Waals surface area (Å²) in [6, 6.07) is 5.52. The Kier molecular flexibility index (Phi) is 5.35. The lowest BCUT2D eigenvalue weighted by Gasteiger charge is -2.14. The van der Waals surface area contributed by atoms with Crippen LogP contribution in [-0.2, 0) is 4.74 Å². The molecule has 1 aromatic carbocycles. The lowest BCUT2D eigenvalue weighted by Crippen LogP contribution is -2.23. The summed E-state index contributed by atoms with van der Waals surface area (Å²) < 4.78 is 29.3. The molecule has 0 spiro atoms. The maximum Gasteiger partial charge on any atom is 0.411 e. The molecule has 0 radical (unpaired) electrons. The first-order valence-corrected chi connectivity index (χ1v) is 5.61. The minimum Gasteiger partial charge on any atom is -0.450 e. The first-order valence-electron chi connectivity index (χ1n) is 5.61. The number of ether oxygens (including phenoxy) is 1. The van der Waals surface area contributed by atoms with Crippen molar-refractivity contribution in [1.29, 1.82) is 0 Å². The fourth-order valence-corrected chi connectivity index (χ4v) is 1.26. The van der Waals surface area contributed by atoms with Crippen LogP contribution in [0.5, 0.6) is 0 Å². The fraction of sp³-hybridized carbons (Fsp3) is 0.417. The highest BCUT2D eigenvalue weighted by molar-refractivity contribution is 5.84. The predicted molar refractivity (Wildman–Crippen MR) is 66.2 cm³/mol. The van der Waals surface area contributed by atoms with Crippen LogP contribution in [0.3, 0.4) is 0 Å². The van der Waals surface area contributed by atoms with E-state index in [1.54, 1.807) is 31.2 Å². The van der Waals surface area contributed by atoms with Crippen molar-refractivity contribution < 1.29 is 18.3 Å². The number of amides is 1. The summed E-state index contributed by atoms with van der Waals surface area (Å²) >= 11 is 0.